The van der Waals surface area contributed by atoms with E-state index in [0.717, 1.165) is 11.1 Å². The Kier molecular flexibility index (Phi) is 6.60. The Labute approximate surface area is 174 Å². The predicted octanol–water partition coefficient (Wildman–Crippen LogP) is 3.61. The van der Waals surface area contributed by atoms with Gasteiger partial charge in [-0.05, 0) is 48.7 Å². The molecule has 30 heavy (non-hydrogen) atoms. The molecular formula is C24H22N2O4. The van der Waals surface area contributed by atoms with Crippen LogP contribution in [0, 0.1) is 6.92 Å². The van der Waals surface area contributed by atoms with E-state index in [1.54, 1.807) is 42.5 Å². The van der Waals surface area contributed by atoms with E-state index in [2.05, 4.69) is 10.6 Å². The summed E-state index contributed by atoms with van der Waals surface area (Å²) in [6, 6.07) is 19.6. The summed E-state index contributed by atoms with van der Waals surface area (Å²) in [5, 5.41) is 14.1. The normalized spacial score (nSPS) is 10.3. The monoisotopic (exact) mass is 402 g/mol. The number of nitrogens with one attached hydrogen (secondary N) is 2. The van der Waals surface area contributed by atoms with Crippen molar-refractivity contribution in [1.82, 2.24) is 10.6 Å². The second-order valence-electron chi connectivity index (χ2n) is 6.85. The number of ketones is 1. The van der Waals surface area contributed by atoms with Crippen molar-refractivity contribution in [2.75, 3.05) is 6.54 Å². The van der Waals surface area contributed by atoms with Gasteiger partial charge in [-0.1, -0.05) is 48.5 Å². The van der Waals surface area contributed by atoms with E-state index in [4.69, 9.17) is 0 Å². The van der Waals surface area contributed by atoms with Crippen LogP contribution < -0.4 is 10.6 Å². The zero-order valence-corrected chi connectivity index (χ0v) is 16.5. The van der Waals surface area contributed by atoms with Crippen molar-refractivity contribution in [3.8, 4) is 5.75 Å². The van der Waals surface area contributed by atoms with Crippen molar-refractivity contribution >= 4 is 17.7 Å². The minimum atomic E-state index is -0.598. The number of carbonyl (C=O) groups is 3. The van der Waals surface area contributed by atoms with Crippen molar-refractivity contribution in [3.63, 3.8) is 0 Å². The first-order chi connectivity index (χ1) is 14.4. The zero-order valence-electron chi connectivity index (χ0n) is 16.5. The number of carbonyl (C=O) groups excluding carboxylic acids is 3. The molecule has 0 spiro atoms. The Morgan fingerprint density at radius 3 is 2.13 bits per heavy atom. The van der Waals surface area contributed by atoms with Crippen molar-refractivity contribution < 1.29 is 19.5 Å². The SMILES string of the molecule is Cc1ccccc1C(=O)c1ccc(C(=O)NC(=O)NCCc2ccc(O)cc2)cc1. The molecule has 0 saturated carbocycles. The number of benzene rings is 3. The molecule has 0 bridgehead atoms. The molecular weight excluding hydrogens is 380 g/mol. The quantitative estimate of drug-likeness (QED) is 0.549. The molecule has 0 aliphatic rings. The van der Waals surface area contributed by atoms with Gasteiger partial charge in [-0.25, -0.2) is 4.79 Å². The van der Waals surface area contributed by atoms with E-state index < -0.39 is 11.9 Å². The lowest BCUT2D eigenvalue weighted by atomic mass is 9.98. The molecule has 3 aromatic rings. The fraction of sp³-hybridized carbons (Fsp3) is 0.125. The molecule has 0 radical (unpaired) electrons. The van der Waals surface area contributed by atoms with Gasteiger partial charge in [-0.3, -0.25) is 14.9 Å². The predicted molar refractivity (Wildman–Crippen MR) is 114 cm³/mol. The molecule has 152 valence electrons. The highest BCUT2D eigenvalue weighted by Crippen LogP contribution is 2.15. The number of hydrogen-bond acceptors (Lipinski definition) is 4. The fourth-order valence-electron chi connectivity index (χ4n) is 2.96. The Balaban J connectivity index is 1.52. The lowest BCUT2D eigenvalue weighted by molar-refractivity contribution is 0.0962. The average molecular weight is 402 g/mol. The van der Waals surface area contributed by atoms with Gasteiger partial charge in [0, 0.05) is 23.2 Å². The maximum atomic E-state index is 12.6. The summed E-state index contributed by atoms with van der Waals surface area (Å²) in [5.41, 5.74) is 3.20. The lowest BCUT2D eigenvalue weighted by Crippen LogP contribution is -2.40. The van der Waals surface area contributed by atoms with Crippen LogP contribution in [-0.2, 0) is 6.42 Å². The highest BCUT2D eigenvalue weighted by molar-refractivity contribution is 6.10. The van der Waals surface area contributed by atoms with Crippen molar-refractivity contribution in [2.24, 2.45) is 0 Å². The lowest BCUT2D eigenvalue weighted by Gasteiger charge is -2.08. The van der Waals surface area contributed by atoms with E-state index in [1.165, 1.54) is 12.1 Å². The number of rotatable bonds is 6. The van der Waals surface area contributed by atoms with Crippen LogP contribution in [0.1, 0.15) is 37.4 Å². The summed E-state index contributed by atoms with van der Waals surface area (Å²) in [6.45, 7) is 2.21. The van der Waals surface area contributed by atoms with Gasteiger partial charge in [-0.15, -0.1) is 0 Å². The molecule has 6 nitrogen and oxygen atoms in total. The Hall–Kier alpha value is -3.93. The number of aromatic hydroxyl groups is 1. The number of imide groups is 1. The summed E-state index contributed by atoms with van der Waals surface area (Å²) in [4.78, 5) is 36.8. The third-order valence-corrected chi connectivity index (χ3v) is 4.66. The van der Waals surface area contributed by atoms with E-state index in [0.29, 0.717) is 24.1 Å². The van der Waals surface area contributed by atoms with E-state index in [-0.39, 0.29) is 17.1 Å². The third-order valence-electron chi connectivity index (χ3n) is 4.66. The van der Waals surface area contributed by atoms with Gasteiger partial charge in [-0.2, -0.15) is 0 Å². The van der Waals surface area contributed by atoms with Crippen LogP contribution in [0.4, 0.5) is 4.79 Å². The molecule has 0 aromatic heterocycles. The first-order valence-corrected chi connectivity index (χ1v) is 9.51. The fourth-order valence-corrected chi connectivity index (χ4v) is 2.96. The first-order valence-electron chi connectivity index (χ1n) is 9.51. The molecule has 3 rings (SSSR count). The number of hydrogen-bond donors (Lipinski definition) is 3. The molecule has 0 atom stereocenters. The average Bonchev–Trinajstić information content (AvgIpc) is 2.75. The molecule has 0 unspecified atom stereocenters. The molecule has 0 fully saturated rings. The minimum Gasteiger partial charge on any atom is -0.508 e. The summed E-state index contributed by atoms with van der Waals surface area (Å²) >= 11 is 0. The van der Waals surface area contributed by atoms with Gasteiger partial charge in [0.2, 0.25) is 0 Å². The second-order valence-corrected chi connectivity index (χ2v) is 6.85. The highest BCUT2D eigenvalue weighted by Gasteiger charge is 2.14. The Bertz CT molecular complexity index is 1060. The van der Waals surface area contributed by atoms with Gasteiger partial charge >= 0.3 is 6.03 Å². The molecule has 3 amide bonds. The summed E-state index contributed by atoms with van der Waals surface area (Å²) in [5.74, 6) is -0.485. The van der Waals surface area contributed by atoms with Gasteiger partial charge in [0.1, 0.15) is 5.75 Å². The van der Waals surface area contributed by atoms with E-state index in [9.17, 15) is 19.5 Å². The maximum absolute atomic E-state index is 12.6. The van der Waals surface area contributed by atoms with Crippen LogP contribution in [0.15, 0.2) is 72.8 Å². The van der Waals surface area contributed by atoms with Crippen LogP contribution >= 0.6 is 0 Å². The standard InChI is InChI=1S/C24H22N2O4/c1-16-4-2-3-5-21(16)22(28)18-8-10-19(11-9-18)23(29)26-24(30)25-15-14-17-6-12-20(27)13-7-17/h2-13,27H,14-15H2,1H3,(H2,25,26,29,30). The van der Waals surface area contributed by atoms with Crippen LogP contribution in [0.5, 0.6) is 5.75 Å². The molecule has 0 aliphatic heterocycles. The van der Waals surface area contributed by atoms with Gasteiger partial charge < -0.3 is 10.4 Å². The number of urea groups is 1. The van der Waals surface area contributed by atoms with Crippen LogP contribution in [0.2, 0.25) is 0 Å². The molecule has 3 aromatic carbocycles. The van der Waals surface area contributed by atoms with Gasteiger partial charge in [0.25, 0.3) is 5.91 Å². The van der Waals surface area contributed by atoms with Gasteiger partial charge in [0.05, 0.1) is 0 Å². The highest BCUT2D eigenvalue weighted by atomic mass is 16.3. The number of amides is 3. The zero-order chi connectivity index (χ0) is 21.5. The summed E-state index contributed by atoms with van der Waals surface area (Å²) < 4.78 is 0. The summed E-state index contributed by atoms with van der Waals surface area (Å²) in [6.07, 6.45) is 0.567. The van der Waals surface area contributed by atoms with Crippen LogP contribution in [0.25, 0.3) is 0 Å². The summed E-state index contributed by atoms with van der Waals surface area (Å²) in [7, 11) is 0. The van der Waals surface area contributed by atoms with Crippen LogP contribution in [0.3, 0.4) is 0 Å². The van der Waals surface area contributed by atoms with Crippen molar-refractivity contribution in [3.05, 3.63) is 101 Å². The smallest absolute Gasteiger partial charge is 0.321 e. The maximum Gasteiger partial charge on any atom is 0.321 e. The molecule has 0 heterocycles. The third kappa shape index (κ3) is 5.32. The molecule has 3 N–H and O–H groups in total. The minimum absolute atomic E-state index is 0.118. The topological polar surface area (TPSA) is 95.5 Å². The molecule has 0 aliphatic carbocycles. The Morgan fingerprint density at radius 1 is 0.833 bits per heavy atom. The number of aryl methyl sites for hydroxylation is 1. The van der Waals surface area contributed by atoms with E-state index >= 15 is 0 Å². The van der Waals surface area contributed by atoms with Crippen LogP contribution in [-0.4, -0.2) is 29.4 Å². The molecule has 0 saturated heterocycles. The van der Waals surface area contributed by atoms with Crippen molar-refractivity contribution in [1.29, 1.82) is 0 Å². The first kappa shape index (κ1) is 20.8. The second kappa shape index (κ2) is 9.52. The largest absolute Gasteiger partial charge is 0.508 e. The van der Waals surface area contributed by atoms with Gasteiger partial charge in [0.15, 0.2) is 5.78 Å². The molecule has 6 heteroatoms. The van der Waals surface area contributed by atoms with Crippen molar-refractivity contribution in [2.45, 2.75) is 13.3 Å². The van der Waals surface area contributed by atoms with E-state index in [1.807, 2.05) is 25.1 Å². The number of phenolic OH excluding ortho intramolecular Hbond substituents is 1. The number of phenols is 1. The Morgan fingerprint density at radius 2 is 1.47 bits per heavy atom.